The Hall–Kier alpha value is -2.86. The number of halogens is 6. The Bertz CT molecular complexity index is 1110. The molecular weight excluding hydrogens is 482 g/mol. The monoisotopic (exact) mass is 506 g/mol. The van der Waals surface area contributed by atoms with Gasteiger partial charge in [0.2, 0.25) is 5.82 Å². The van der Waals surface area contributed by atoms with E-state index in [4.69, 9.17) is 9.47 Å². The second kappa shape index (κ2) is 9.30. The minimum Gasteiger partial charge on any atom is -0.493 e. The molecular formula is C23H24F6N2O4. The van der Waals surface area contributed by atoms with Crippen molar-refractivity contribution in [2.75, 3.05) is 19.1 Å². The summed E-state index contributed by atoms with van der Waals surface area (Å²) < 4.78 is 93.5. The molecule has 1 saturated heterocycles. The van der Waals surface area contributed by atoms with Gasteiger partial charge in [-0.05, 0) is 32.0 Å². The molecule has 0 spiro atoms. The quantitative estimate of drug-likeness (QED) is 0.559. The van der Waals surface area contributed by atoms with Crippen molar-refractivity contribution in [3.05, 3.63) is 53.4 Å². The molecule has 0 saturated carbocycles. The van der Waals surface area contributed by atoms with Crippen LogP contribution in [0, 0.1) is 17.6 Å². The van der Waals surface area contributed by atoms with Gasteiger partial charge in [0, 0.05) is 29.3 Å². The van der Waals surface area contributed by atoms with Crippen LogP contribution in [0.25, 0.3) is 0 Å². The van der Waals surface area contributed by atoms with Gasteiger partial charge in [-0.15, -0.1) is 0 Å². The van der Waals surface area contributed by atoms with Crippen molar-refractivity contribution in [3.8, 4) is 5.75 Å². The third-order valence-corrected chi connectivity index (χ3v) is 6.41. The third kappa shape index (κ3) is 4.68. The number of hydrogen-bond donors (Lipinski definition) is 2. The first-order valence-electron chi connectivity index (χ1n) is 10.5. The van der Waals surface area contributed by atoms with Crippen molar-refractivity contribution >= 4 is 11.6 Å². The molecule has 0 radical (unpaired) electrons. The predicted octanol–water partition coefficient (Wildman–Crippen LogP) is 4.62. The molecule has 2 heterocycles. The van der Waals surface area contributed by atoms with Gasteiger partial charge in [0.05, 0.1) is 12.8 Å². The van der Waals surface area contributed by atoms with E-state index < -0.39 is 65.3 Å². The summed E-state index contributed by atoms with van der Waals surface area (Å²) in [6.45, 7) is 1.94. The first-order chi connectivity index (χ1) is 16.2. The number of carbonyl (C=O) groups excluding carboxylic acids is 1. The van der Waals surface area contributed by atoms with E-state index >= 15 is 0 Å². The second-order valence-electron chi connectivity index (χ2n) is 8.77. The minimum absolute atomic E-state index is 0.00147. The lowest BCUT2D eigenvalue weighted by molar-refractivity contribution is -0.272. The fraction of sp³-hybridized carbons (Fsp3) is 0.478. The van der Waals surface area contributed by atoms with E-state index in [0.29, 0.717) is 0 Å². The number of nitrogens with zero attached hydrogens (tertiary/aromatic N) is 1. The molecule has 1 aliphatic rings. The van der Waals surface area contributed by atoms with E-state index in [0.717, 1.165) is 39.2 Å². The van der Waals surface area contributed by atoms with Crippen molar-refractivity contribution in [2.24, 2.45) is 5.92 Å². The standard InChI is InChI=1S/C23H24F6N2O4/c1-11-16(13-5-6-14(25)17(26)18(13)34-4)19(35-22(11,3)23(27,28)29)20(32)31-12-7-8-30-15(9-12)21(2,33)10-24/h5-9,11,16,19,33H,10H2,1-4H3,(H,30,31,32)/t11-,16-,19+,21+,22+/m0/s1. The van der Waals surface area contributed by atoms with Crippen molar-refractivity contribution in [1.82, 2.24) is 4.98 Å². The fourth-order valence-corrected chi connectivity index (χ4v) is 4.12. The maximum absolute atomic E-state index is 14.4. The molecule has 0 unspecified atom stereocenters. The molecule has 1 aromatic carbocycles. The summed E-state index contributed by atoms with van der Waals surface area (Å²) in [6, 6.07) is 4.22. The van der Waals surface area contributed by atoms with E-state index in [1.165, 1.54) is 19.2 Å². The van der Waals surface area contributed by atoms with Crippen LogP contribution in [-0.4, -0.2) is 47.7 Å². The van der Waals surface area contributed by atoms with Crippen LogP contribution in [0.5, 0.6) is 5.75 Å². The van der Waals surface area contributed by atoms with Crippen LogP contribution < -0.4 is 10.1 Å². The van der Waals surface area contributed by atoms with Gasteiger partial charge in [0.1, 0.15) is 18.4 Å². The van der Waals surface area contributed by atoms with Crippen LogP contribution in [0.2, 0.25) is 0 Å². The molecule has 2 N–H and O–H groups in total. The third-order valence-electron chi connectivity index (χ3n) is 6.41. The first kappa shape index (κ1) is 26.7. The largest absolute Gasteiger partial charge is 0.493 e. The number of carbonyl (C=O) groups is 1. The van der Waals surface area contributed by atoms with Crippen molar-refractivity contribution in [3.63, 3.8) is 0 Å². The fourth-order valence-electron chi connectivity index (χ4n) is 4.12. The Morgan fingerprint density at radius 3 is 2.51 bits per heavy atom. The molecule has 0 aliphatic carbocycles. The van der Waals surface area contributed by atoms with E-state index in [-0.39, 0.29) is 16.9 Å². The van der Waals surface area contributed by atoms with Crippen LogP contribution >= 0.6 is 0 Å². The SMILES string of the molecule is COc1c([C@H]2[C@H](C(=O)Nc3ccnc([C@](C)(O)CF)c3)O[C@@](C)(C(F)(F)F)[C@H]2C)ccc(F)c1F. The summed E-state index contributed by atoms with van der Waals surface area (Å²) in [7, 11) is 1.02. The highest BCUT2D eigenvalue weighted by Crippen LogP contribution is 2.55. The number of amides is 1. The number of anilines is 1. The van der Waals surface area contributed by atoms with Crippen LogP contribution in [0.15, 0.2) is 30.5 Å². The number of nitrogens with one attached hydrogen (secondary N) is 1. The summed E-state index contributed by atoms with van der Waals surface area (Å²) in [4.78, 5) is 17.0. The Morgan fingerprint density at radius 2 is 1.94 bits per heavy atom. The average molecular weight is 506 g/mol. The molecule has 192 valence electrons. The van der Waals surface area contributed by atoms with E-state index in [9.17, 15) is 36.2 Å². The highest BCUT2D eigenvalue weighted by atomic mass is 19.4. The molecule has 2 aromatic rings. The maximum atomic E-state index is 14.4. The van der Waals surface area contributed by atoms with Gasteiger partial charge in [-0.3, -0.25) is 9.78 Å². The summed E-state index contributed by atoms with van der Waals surface area (Å²) in [5.41, 5.74) is -5.08. The lowest BCUT2D eigenvalue weighted by Gasteiger charge is -2.32. The molecule has 1 aromatic heterocycles. The van der Waals surface area contributed by atoms with Crippen LogP contribution in [0.1, 0.15) is 37.9 Å². The maximum Gasteiger partial charge on any atom is 0.417 e. The zero-order valence-electron chi connectivity index (χ0n) is 19.2. The molecule has 35 heavy (non-hydrogen) atoms. The summed E-state index contributed by atoms with van der Waals surface area (Å²) in [5, 5.41) is 12.5. The summed E-state index contributed by atoms with van der Waals surface area (Å²) >= 11 is 0. The van der Waals surface area contributed by atoms with Crippen LogP contribution in [0.4, 0.5) is 32.0 Å². The second-order valence-corrected chi connectivity index (χ2v) is 8.77. The molecule has 12 heteroatoms. The van der Waals surface area contributed by atoms with Gasteiger partial charge in [-0.1, -0.05) is 13.0 Å². The average Bonchev–Trinajstić information content (AvgIpc) is 3.07. The number of aliphatic hydroxyl groups is 1. The Kier molecular flexibility index (Phi) is 7.11. The zero-order valence-corrected chi connectivity index (χ0v) is 19.2. The number of benzene rings is 1. The van der Waals surface area contributed by atoms with Gasteiger partial charge in [0.15, 0.2) is 17.2 Å². The number of methoxy groups -OCH3 is 1. The Labute approximate surface area is 197 Å². The van der Waals surface area contributed by atoms with Crippen molar-refractivity contribution in [2.45, 2.75) is 50.2 Å². The topological polar surface area (TPSA) is 80.7 Å². The van der Waals surface area contributed by atoms with Gasteiger partial charge in [0.25, 0.3) is 5.91 Å². The summed E-state index contributed by atoms with van der Waals surface area (Å²) in [5.74, 6) is -7.16. The molecule has 1 amide bonds. The molecule has 0 bridgehead atoms. The number of ether oxygens (including phenoxy) is 2. The number of rotatable bonds is 6. The number of alkyl halides is 4. The normalized spacial score (nSPS) is 26.3. The Morgan fingerprint density at radius 1 is 1.29 bits per heavy atom. The van der Waals surface area contributed by atoms with Crippen LogP contribution in [-0.2, 0) is 15.1 Å². The predicted molar refractivity (Wildman–Crippen MR) is 113 cm³/mol. The molecule has 1 aliphatic heterocycles. The van der Waals surface area contributed by atoms with Crippen LogP contribution in [0.3, 0.4) is 0 Å². The van der Waals surface area contributed by atoms with Gasteiger partial charge >= 0.3 is 6.18 Å². The molecule has 1 fully saturated rings. The Balaban J connectivity index is 2.06. The lowest BCUT2D eigenvalue weighted by Crippen LogP contribution is -2.47. The molecule has 3 rings (SSSR count). The molecule has 5 atom stereocenters. The van der Waals surface area contributed by atoms with E-state index in [2.05, 4.69) is 10.3 Å². The van der Waals surface area contributed by atoms with Crippen molar-refractivity contribution < 1.29 is 45.7 Å². The smallest absolute Gasteiger partial charge is 0.417 e. The number of aromatic nitrogens is 1. The number of hydrogen-bond acceptors (Lipinski definition) is 5. The lowest BCUT2D eigenvalue weighted by atomic mass is 9.77. The highest BCUT2D eigenvalue weighted by molar-refractivity contribution is 5.95. The van der Waals surface area contributed by atoms with E-state index in [1.54, 1.807) is 0 Å². The summed E-state index contributed by atoms with van der Waals surface area (Å²) in [6.07, 6.45) is -5.54. The highest BCUT2D eigenvalue weighted by Gasteiger charge is 2.65. The molecule has 6 nitrogen and oxygen atoms in total. The van der Waals surface area contributed by atoms with Gasteiger partial charge in [-0.25, -0.2) is 8.78 Å². The van der Waals surface area contributed by atoms with E-state index in [1.807, 2.05) is 0 Å². The van der Waals surface area contributed by atoms with Crippen molar-refractivity contribution in [1.29, 1.82) is 0 Å². The first-order valence-corrected chi connectivity index (χ1v) is 10.5. The minimum atomic E-state index is -4.91. The van der Waals surface area contributed by atoms with Gasteiger partial charge < -0.3 is 19.9 Å². The van der Waals surface area contributed by atoms with Gasteiger partial charge in [-0.2, -0.15) is 17.6 Å². The number of pyridine rings is 1. The zero-order chi connectivity index (χ0) is 26.3.